The van der Waals surface area contributed by atoms with Crippen LogP contribution in [0.2, 0.25) is 5.15 Å². The zero-order chi connectivity index (χ0) is 11.4. The van der Waals surface area contributed by atoms with Gasteiger partial charge in [0.05, 0.1) is 5.69 Å². The lowest BCUT2D eigenvalue weighted by Gasteiger charge is -2.21. The van der Waals surface area contributed by atoms with E-state index in [4.69, 9.17) is 11.6 Å². The molecule has 1 aromatic heterocycles. The first-order valence-electron chi connectivity index (χ1n) is 6.08. The summed E-state index contributed by atoms with van der Waals surface area (Å²) in [5, 5.41) is 3.67. The Morgan fingerprint density at radius 3 is 2.75 bits per heavy atom. The highest BCUT2D eigenvalue weighted by Crippen LogP contribution is 2.32. The first-order chi connectivity index (χ1) is 7.79. The molecule has 2 rings (SSSR count). The summed E-state index contributed by atoms with van der Waals surface area (Å²) in [6, 6.07) is 1.92. The molecular formula is C12H18ClN3. The van der Waals surface area contributed by atoms with Crippen LogP contribution in [-0.4, -0.2) is 16.5 Å². The van der Waals surface area contributed by atoms with Crippen molar-refractivity contribution in [1.82, 2.24) is 9.97 Å². The molecule has 1 N–H and O–H groups in total. The van der Waals surface area contributed by atoms with Crippen LogP contribution in [0, 0.1) is 0 Å². The number of anilines is 1. The molecular weight excluding hydrogens is 222 g/mol. The summed E-state index contributed by atoms with van der Waals surface area (Å²) in [5.74, 6) is 1.24. The highest BCUT2D eigenvalue weighted by atomic mass is 35.5. The van der Waals surface area contributed by atoms with Gasteiger partial charge in [0, 0.05) is 12.5 Å². The van der Waals surface area contributed by atoms with E-state index in [0.717, 1.165) is 12.2 Å². The highest BCUT2D eigenvalue weighted by Gasteiger charge is 2.18. The van der Waals surface area contributed by atoms with E-state index < -0.39 is 0 Å². The SMILES string of the molecule is CCNc1nc(Cl)cc(C2CCCCC2)n1. The summed E-state index contributed by atoms with van der Waals surface area (Å²) in [6.07, 6.45) is 6.44. The van der Waals surface area contributed by atoms with E-state index in [-0.39, 0.29) is 0 Å². The van der Waals surface area contributed by atoms with E-state index in [1.165, 1.54) is 32.1 Å². The first-order valence-corrected chi connectivity index (χ1v) is 6.45. The fourth-order valence-electron chi connectivity index (χ4n) is 2.28. The number of halogens is 1. The predicted octanol–water partition coefficient (Wildman–Crippen LogP) is 3.61. The Kier molecular flexibility index (Phi) is 3.99. The Balaban J connectivity index is 2.18. The average molecular weight is 240 g/mol. The van der Waals surface area contributed by atoms with E-state index in [0.29, 0.717) is 17.0 Å². The molecule has 88 valence electrons. The van der Waals surface area contributed by atoms with E-state index >= 15 is 0 Å². The van der Waals surface area contributed by atoms with Crippen LogP contribution in [0.15, 0.2) is 6.07 Å². The van der Waals surface area contributed by atoms with E-state index in [9.17, 15) is 0 Å². The van der Waals surface area contributed by atoms with Crippen molar-refractivity contribution in [3.8, 4) is 0 Å². The lowest BCUT2D eigenvalue weighted by atomic mass is 9.87. The van der Waals surface area contributed by atoms with Crippen LogP contribution in [0.25, 0.3) is 0 Å². The second kappa shape index (κ2) is 5.48. The number of rotatable bonds is 3. The average Bonchev–Trinajstić information content (AvgIpc) is 2.30. The minimum absolute atomic E-state index is 0.548. The maximum absolute atomic E-state index is 6.01. The third-order valence-corrected chi connectivity index (χ3v) is 3.27. The molecule has 4 heteroatoms. The van der Waals surface area contributed by atoms with E-state index in [1.807, 2.05) is 13.0 Å². The fraction of sp³-hybridized carbons (Fsp3) is 0.667. The normalized spacial score (nSPS) is 17.4. The van der Waals surface area contributed by atoms with Gasteiger partial charge in [0.1, 0.15) is 5.15 Å². The molecule has 1 aliphatic carbocycles. The Morgan fingerprint density at radius 2 is 2.06 bits per heavy atom. The van der Waals surface area contributed by atoms with Gasteiger partial charge in [-0.25, -0.2) is 9.97 Å². The summed E-state index contributed by atoms with van der Waals surface area (Å²) in [4.78, 5) is 8.70. The van der Waals surface area contributed by atoms with Crippen molar-refractivity contribution in [3.63, 3.8) is 0 Å². The molecule has 0 spiro atoms. The summed E-state index contributed by atoms with van der Waals surface area (Å²) in [6.45, 7) is 2.86. The maximum atomic E-state index is 6.01. The minimum Gasteiger partial charge on any atom is -0.354 e. The maximum Gasteiger partial charge on any atom is 0.224 e. The van der Waals surface area contributed by atoms with Crippen LogP contribution in [0.4, 0.5) is 5.95 Å². The molecule has 1 heterocycles. The Labute approximate surface area is 102 Å². The monoisotopic (exact) mass is 239 g/mol. The quantitative estimate of drug-likeness (QED) is 0.819. The summed E-state index contributed by atoms with van der Waals surface area (Å²) < 4.78 is 0. The second-order valence-electron chi connectivity index (χ2n) is 4.30. The van der Waals surface area contributed by atoms with Gasteiger partial charge in [-0.15, -0.1) is 0 Å². The van der Waals surface area contributed by atoms with Crippen LogP contribution in [0.3, 0.4) is 0 Å². The van der Waals surface area contributed by atoms with E-state index in [1.54, 1.807) is 0 Å². The van der Waals surface area contributed by atoms with Crippen molar-refractivity contribution >= 4 is 17.5 Å². The van der Waals surface area contributed by atoms with Gasteiger partial charge in [-0.3, -0.25) is 0 Å². The van der Waals surface area contributed by atoms with Gasteiger partial charge in [0.2, 0.25) is 5.95 Å². The lowest BCUT2D eigenvalue weighted by molar-refractivity contribution is 0.436. The van der Waals surface area contributed by atoms with Crippen molar-refractivity contribution in [3.05, 3.63) is 16.9 Å². The smallest absolute Gasteiger partial charge is 0.224 e. The number of nitrogens with zero attached hydrogens (tertiary/aromatic N) is 2. The summed E-state index contributed by atoms with van der Waals surface area (Å²) >= 11 is 6.01. The lowest BCUT2D eigenvalue weighted by Crippen LogP contribution is -2.10. The fourth-order valence-corrected chi connectivity index (χ4v) is 2.47. The molecule has 1 aromatic rings. The van der Waals surface area contributed by atoms with Crippen molar-refractivity contribution in [2.75, 3.05) is 11.9 Å². The zero-order valence-corrected chi connectivity index (χ0v) is 10.4. The molecule has 1 saturated carbocycles. The number of hydrogen-bond donors (Lipinski definition) is 1. The predicted molar refractivity (Wildman–Crippen MR) is 67.0 cm³/mol. The molecule has 0 atom stereocenters. The van der Waals surface area contributed by atoms with Crippen molar-refractivity contribution in [1.29, 1.82) is 0 Å². The first kappa shape index (κ1) is 11.6. The molecule has 0 bridgehead atoms. The molecule has 0 aliphatic heterocycles. The molecule has 0 unspecified atom stereocenters. The Hall–Kier alpha value is -0.830. The van der Waals surface area contributed by atoms with Gasteiger partial charge < -0.3 is 5.32 Å². The Morgan fingerprint density at radius 1 is 1.31 bits per heavy atom. The minimum atomic E-state index is 0.548. The third kappa shape index (κ3) is 2.85. The summed E-state index contributed by atoms with van der Waals surface area (Å²) in [7, 11) is 0. The summed E-state index contributed by atoms with van der Waals surface area (Å²) in [5.41, 5.74) is 1.11. The number of nitrogens with one attached hydrogen (secondary N) is 1. The molecule has 1 aliphatic rings. The molecule has 0 amide bonds. The molecule has 0 saturated heterocycles. The largest absolute Gasteiger partial charge is 0.354 e. The van der Waals surface area contributed by atoms with Gasteiger partial charge >= 0.3 is 0 Å². The van der Waals surface area contributed by atoms with E-state index in [2.05, 4.69) is 15.3 Å². The van der Waals surface area contributed by atoms with Gasteiger partial charge in [-0.1, -0.05) is 30.9 Å². The van der Waals surface area contributed by atoms with Crippen LogP contribution in [-0.2, 0) is 0 Å². The second-order valence-corrected chi connectivity index (χ2v) is 4.69. The topological polar surface area (TPSA) is 37.8 Å². The number of hydrogen-bond acceptors (Lipinski definition) is 3. The highest BCUT2D eigenvalue weighted by molar-refractivity contribution is 6.29. The van der Waals surface area contributed by atoms with Gasteiger partial charge in [-0.05, 0) is 25.8 Å². The van der Waals surface area contributed by atoms with Gasteiger partial charge in [-0.2, -0.15) is 0 Å². The molecule has 16 heavy (non-hydrogen) atoms. The molecule has 1 fully saturated rings. The van der Waals surface area contributed by atoms with Crippen LogP contribution < -0.4 is 5.32 Å². The number of aromatic nitrogens is 2. The molecule has 0 radical (unpaired) electrons. The van der Waals surface area contributed by atoms with Crippen LogP contribution in [0.5, 0.6) is 0 Å². The van der Waals surface area contributed by atoms with Crippen molar-refractivity contribution < 1.29 is 0 Å². The van der Waals surface area contributed by atoms with Crippen molar-refractivity contribution in [2.45, 2.75) is 44.9 Å². The zero-order valence-electron chi connectivity index (χ0n) is 9.67. The Bertz CT molecular complexity index is 348. The van der Waals surface area contributed by atoms with Crippen LogP contribution in [0.1, 0.15) is 50.6 Å². The third-order valence-electron chi connectivity index (χ3n) is 3.07. The molecule has 0 aromatic carbocycles. The van der Waals surface area contributed by atoms with Crippen molar-refractivity contribution in [2.24, 2.45) is 0 Å². The van der Waals surface area contributed by atoms with Gasteiger partial charge in [0.25, 0.3) is 0 Å². The van der Waals surface area contributed by atoms with Crippen LogP contribution >= 0.6 is 11.6 Å². The molecule has 3 nitrogen and oxygen atoms in total. The van der Waals surface area contributed by atoms with Gasteiger partial charge in [0.15, 0.2) is 0 Å². The standard InChI is InChI=1S/C12H18ClN3/c1-2-14-12-15-10(8-11(13)16-12)9-6-4-3-5-7-9/h8-9H,2-7H2,1H3,(H,14,15,16).